The second kappa shape index (κ2) is 17.4. The fraction of sp³-hybridized carbons (Fsp3) is 0.333. The van der Waals surface area contributed by atoms with Crippen LogP contribution in [0.5, 0.6) is 11.5 Å². The zero-order chi connectivity index (χ0) is 42.9. The molecular weight excluding hydrogens is 820 g/mol. The van der Waals surface area contributed by atoms with Gasteiger partial charge in [0.2, 0.25) is 0 Å². The third kappa shape index (κ3) is 9.51. The van der Waals surface area contributed by atoms with E-state index in [9.17, 15) is 23.3 Å². The highest BCUT2D eigenvalue weighted by Crippen LogP contribution is 2.44. The smallest absolute Gasteiger partial charge is 0.293 e. The number of nitro benzene ring substituents is 1. The Hall–Kier alpha value is -5.58. The molecule has 8 rings (SSSR count). The minimum atomic E-state index is -4.60. The number of anilines is 1. The number of rotatable bonds is 12. The van der Waals surface area contributed by atoms with Crippen molar-refractivity contribution in [1.29, 1.82) is 0 Å². The Labute approximate surface area is 359 Å². The molecule has 1 atom stereocenters. The molecule has 2 N–H and O–H groups in total. The number of benzene rings is 3. The summed E-state index contributed by atoms with van der Waals surface area (Å²) in [4.78, 5) is 36.4. The molecule has 4 heterocycles. The van der Waals surface area contributed by atoms with Crippen LogP contribution in [-0.2, 0) is 19.5 Å². The van der Waals surface area contributed by atoms with E-state index in [0.29, 0.717) is 24.6 Å². The van der Waals surface area contributed by atoms with E-state index in [1.54, 1.807) is 31.4 Å². The predicted octanol–water partition coefficient (Wildman–Crippen LogP) is 8.60. The molecule has 0 saturated carbocycles. The van der Waals surface area contributed by atoms with Gasteiger partial charge in [0.25, 0.3) is 21.6 Å². The van der Waals surface area contributed by atoms with Crippen molar-refractivity contribution in [3.05, 3.63) is 129 Å². The molecule has 0 bridgehead atoms. The van der Waals surface area contributed by atoms with E-state index in [2.05, 4.69) is 51.6 Å². The van der Waals surface area contributed by atoms with Gasteiger partial charge in [-0.05, 0) is 102 Å². The second-order valence-electron chi connectivity index (χ2n) is 16.4. The molecule has 3 aliphatic rings. The molecule has 0 spiro atoms. The number of allylic oxidation sites excluding steroid dienone is 1. The Bertz CT molecular complexity index is 2650. The summed E-state index contributed by atoms with van der Waals surface area (Å²) in [6, 6.07) is 20.2. The monoisotopic (exact) mass is 866 g/mol. The lowest BCUT2D eigenvalue weighted by Crippen LogP contribution is -2.42. The molecule has 3 aromatic carbocycles. The first kappa shape index (κ1) is 42.1. The SMILES string of the molecule is CN(c1ccc(S(=O)(=O)NC(=O)c2ccc(C3=CCN(CC4=C(c5ccc(Cl)cc5)CC(C)(C)CC4)CC3)cc2Oc2cnc3[nH]ccc3c2)cc1[N+](=O)[O-])[C@H]1COCCO1. The maximum absolute atomic E-state index is 13.9. The predicted molar refractivity (Wildman–Crippen MR) is 234 cm³/mol. The van der Waals surface area contributed by atoms with Gasteiger partial charge in [-0.15, -0.1) is 0 Å². The Balaban J connectivity index is 1.05. The van der Waals surface area contributed by atoms with Gasteiger partial charge in [-0.25, -0.2) is 18.1 Å². The van der Waals surface area contributed by atoms with E-state index in [1.807, 2.05) is 18.2 Å². The van der Waals surface area contributed by atoms with Crippen molar-refractivity contribution in [3.8, 4) is 11.5 Å². The highest BCUT2D eigenvalue weighted by atomic mass is 35.5. The number of aromatic nitrogens is 2. The summed E-state index contributed by atoms with van der Waals surface area (Å²) in [7, 11) is -3.00. The lowest BCUT2D eigenvalue weighted by molar-refractivity contribution is -0.384. The van der Waals surface area contributed by atoms with Crippen molar-refractivity contribution in [3.63, 3.8) is 0 Å². The van der Waals surface area contributed by atoms with Gasteiger partial charge in [-0.1, -0.05) is 55.3 Å². The number of carbonyl (C=O) groups is 1. The molecule has 1 saturated heterocycles. The van der Waals surface area contributed by atoms with Crippen LogP contribution >= 0.6 is 11.6 Å². The molecular formula is C45H47ClN6O8S. The number of hydrogen-bond donors (Lipinski definition) is 2. The largest absolute Gasteiger partial charge is 0.455 e. The van der Waals surface area contributed by atoms with Crippen LogP contribution in [0.25, 0.3) is 22.2 Å². The summed E-state index contributed by atoms with van der Waals surface area (Å²) >= 11 is 6.24. The summed E-state index contributed by atoms with van der Waals surface area (Å²) in [5.41, 5.74) is 6.43. The highest BCUT2D eigenvalue weighted by molar-refractivity contribution is 7.90. The van der Waals surface area contributed by atoms with Gasteiger partial charge in [0.1, 0.15) is 22.8 Å². The second-order valence-corrected chi connectivity index (χ2v) is 18.5. The van der Waals surface area contributed by atoms with Crippen LogP contribution in [0.1, 0.15) is 61.0 Å². The van der Waals surface area contributed by atoms with E-state index in [-0.39, 0.29) is 29.0 Å². The molecule has 0 unspecified atom stereocenters. The number of hydrogen-bond acceptors (Lipinski definition) is 11. The average molecular weight is 867 g/mol. The third-order valence-corrected chi connectivity index (χ3v) is 13.2. The number of carbonyl (C=O) groups excluding carboxylic acids is 1. The molecule has 1 amide bonds. The van der Waals surface area contributed by atoms with Gasteiger partial charge in [0.05, 0.1) is 41.4 Å². The first-order valence-corrected chi connectivity index (χ1v) is 22.0. The fourth-order valence-corrected chi connectivity index (χ4v) is 9.26. The van der Waals surface area contributed by atoms with Crippen LogP contribution in [-0.4, -0.2) is 86.8 Å². The number of nitro groups is 1. The van der Waals surface area contributed by atoms with Crippen LogP contribution in [0.15, 0.2) is 102 Å². The number of fused-ring (bicyclic) bond motifs is 1. The number of H-pyrrole nitrogens is 1. The van der Waals surface area contributed by atoms with Gasteiger partial charge < -0.3 is 24.1 Å². The minimum absolute atomic E-state index is 0.0540. The average Bonchev–Trinajstić information content (AvgIpc) is 3.72. The van der Waals surface area contributed by atoms with Crippen molar-refractivity contribution >= 4 is 61.1 Å². The van der Waals surface area contributed by atoms with E-state index < -0.39 is 37.7 Å². The summed E-state index contributed by atoms with van der Waals surface area (Å²) in [5.74, 6) is -0.517. The quantitative estimate of drug-likeness (QED) is 0.0910. The van der Waals surface area contributed by atoms with Crippen molar-refractivity contribution < 1.29 is 32.3 Å². The number of amides is 1. The van der Waals surface area contributed by atoms with Gasteiger partial charge in [0, 0.05) is 49.4 Å². The standard InChI is InChI=1S/C45H47ClN6O8S/c1-45(2)16-12-33(38(25-45)30-4-7-34(46)8-5-30)27-51-18-14-29(15-19-51)31-6-10-37(41(23-31)60-35-22-32-13-17-47-43(32)48-26-35)44(53)49-61(56,57)36-9-11-39(40(24-36)52(54)55)50(3)42-28-58-20-21-59-42/h4-11,13-14,17,22-24,26,42H,12,15-16,18-21,25,27-28H2,1-3H3,(H,47,48)(H,49,53)/t42-/m1/s1. The third-order valence-electron chi connectivity index (χ3n) is 11.6. The van der Waals surface area contributed by atoms with E-state index >= 15 is 0 Å². The molecule has 16 heteroatoms. The zero-order valence-corrected chi connectivity index (χ0v) is 35.7. The Morgan fingerprint density at radius 2 is 1.89 bits per heavy atom. The summed E-state index contributed by atoms with van der Waals surface area (Å²) in [5, 5.41) is 13.7. The molecule has 1 fully saturated rings. The van der Waals surface area contributed by atoms with Crippen LogP contribution < -0.4 is 14.4 Å². The summed E-state index contributed by atoms with van der Waals surface area (Å²) < 4.78 is 46.9. The minimum Gasteiger partial charge on any atom is -0.455 e. The Morgan fingerprint density at radius 3 is 2.62 bits per heavy atom. The van der Waals surface area contributed by atoms with Crippen molar-refractivity contribution in [2.24, 2.45) is 5.41 Å². The molecule has 5 aromatic rings. The molecule has 0 radical (unpaired) electrons. The number of sulfonamides is 1. The lowest BCUT2D eigenvalue weighted by atomic mass is 9.72. The lowest BCUT2D eigenvalue weighted by Gasteiger charge is -2.36. The number of halogens is 1. The normalized spacial score (nSPS) is 18.4. The number of aromatic amines is 1. The first-order valence-electron chi connectivity index (χ1n) is 20.1. The van der Waals surface area contributed by atoms with E-state index in [1.165, 1.54) is 46.0 Å². The van der Waals surface area contributed by atoms with Gasteiger partial charge in [0.15, 0.2) is 6.23 Å². The van der Waals surface area contributed by atoms with Crippen LogP contribution in [0.4, 0.5) is 11.4 Å². The van der Waals surface area contributed by atoms with E-state index in [4.69, 9.17) is 25.8 Å². The van der Waals surface area contributed by atoms with Crippen molar-refractivity contribution in [2.75, 3.05) is 51.4 Å². The number of pyridine rings is 1. The molecule has 14 nitrogen and oxygen atoms in total. The maximum Gasteiger partial charge on any atom is 0.293 e. The number of nitrogens with zero attached hydrogens (tertiary/aromatic N) is 4. The van der Waals surface area contributed by atoms with Crippen molar-refractivity contribution in [2.45, 2.75) is 50.7 Å². The number of ether oxygens (including phenoxy) is 3. The van der Waals surface area contributed by atoms with Gasteiger partial charge >= 0.3 is 0 Å². The summed E-state index contributed by atoms with van der Waals surface area (Å²) in [6.07, 6.45) is 8.77. The van der Waals surface area contributed by atoms with Gasteiger partial charge in [-0.3, -0.25) is 19.8 Å². The molecule has 1 aliphatic carbocycles. The van der Waals surface area contributed by atoms with Crippen LogP contribution in [0.3, 0.4) is 0 Å². The summed E-state index contributed by atoms with van der Waals surface area (Å²) in [6.45, 7) is 7.96. The topological polar surface area (TPSA) is 169 Å². The zero-order valence-electron chi connectivity index (χ0n) is 34.1. The molecule has 61 heavy (non-hydrogen) atoms. The molecule has 2 aliphatic heterocycles. The number of nitrogens with one attached hydrogen (secondary N) is 2. The van der Waals surface area contributed by atoms with Crippen LogP contribution in [0, 0.1) is 15.5 Å². The van der Waals surface area contributed by atoms with Crippen LogP contribution in [0.2, 0.25) is 5.02 Å². The molecule has 318 valence electrons. The maximum atomic E-state index is 13.9. The van der Waals surface area contributed by atoms with E-state index in [0.717, 1.165) is 72.9 Å². The van der Waals surface area contributed by atoms with Gasteiger partial charge in [-0.2, -0.15) is 0 Å². The van der Waals surface area contributed by atoms with Crippen molar-refractivity contribution in [1.82, 2.24) is 19.6 Å². The Morgan fingerprint density at radius 1 is 1.08 bits per heavy atom. The first-order chi connectivity index (χ1) is 29.2. The fourth-order valence-electron chi connectivity index (χ4n) is 8.15. The highest BCUT2D eigenvalue weighted by Gasteiger charge is 2.31. The molecule has 2 aromatic heterocycles. The number of likely N-dealkylation sites (N-methyl/N-ethyl adjacent to an activating group) is 1. The Kier molecular flexibility index (Phi) is 12.0.